The lowest BCUT2D eigenvalue weighted by atomic mass is 9.80. The van der Waals surface area contributed by atoms with Crippen LogP contribution in [0.1, 0.15) is 62.7 Å². The fourth-order valence-electron chi connectivity index (χ4n) is 6.24. The van der Waals surface area contributed by atoms with Crippen LogP contribution in [0.3, 0.4) is 0 Å². The number of nitrogens with one attached hydrogen (secondary N) is 2. The second-order valence-corrected chi connectivity index (χ2v) is 9.93. The lowest BCUT2D eigenvalue weighted by molar-refractivity contribution is -0.0193. The zero-order valence-corrected chi connectivity index (χ0v) is 18.8. The van der Waals surface area contributed by atoms with Gasteiger partial charge in [-0.1, -0.05) is 37.5 Å². The van der Waals surface area contributed by atoms with Crippen LogP contribution in [0, 0.1) is 5.92 Å². The third kappa shape index (κ3) is 3.85. The quantitative estimate of drug-likeness (QED) is 0.702. The fraction of sp³-hybridized carbons (Fsp3) is 0.640. The molecular weight excluding hydrogens is 388 g/mol. The van der Waals surface area contributed by atoms with E-state index >= 15 is 0 Å². The Labute approximate surface area is 185 Å². The summed E-state index contributed by atoms with van der Waals surface area (Å²) in [6.45, 7) is 3.71. The first-order valence-electron chi connectivity index (χ1n) is 12.1. The van der Waals surface area contributed by atoms with E-state index in [4.69, 9.17) is 0 Å². The number of rotatable bonds is 3. The van der Waals surface area contributed by atoms with Crippen molar-refractivity contribution in [2.45, 2.75) is 76.1 Å². The molecule has 3 heterocycles. The van der Waals surface area contributed by atoms with Crippen molar-refractivity contribution in [1.29, 1.82) is 0 Å². The van der Waals surface area contributed by atoms with Gasteiger partial charge in [-0.25, -0.2) is 4.79 Å². The van der Waals surface area contributed by atoms with Crippen LogP contribution in [0.4, 0.5) is 4.79 Å². The number of fused-ring (bicyclic) bond motifs is 5. The zero-order valence-electron chi connectivity index (χ0n) is 18.8. The maximum atomic E-state index is 13.1. The molecule has 0 spiro atoms. The summed E-state index contributed by atoms with van der Waals surface area (Å²) in [5.74, 6) is 0.0595. The van der Waals surface area contributed by atoms with E-state index < -0.39 is 6.10 Å². The predicted octanol–water partition coefficient (Wildman–Crippen LogP) is 3.81. The molecule has 1 saturated carbocycles. The highest BCUT2D eigenvalue weighted by molar-refractivity contribution is 5.85. The summed E-state index contributed by atoms with van der Waals surface area (Å²) < 4.78 is 0. The SMILES string of the molecule is C[C@H](O)[C@@H]1CN2CCc3c([nH]c4ccccc34)[C@@H]2C[C@@H]1N(C)C(=O)NC1CCCCC1. The molecule has 0 unspecified atom stereocenters. The average Bonchev–Trinajstić information content (AvgIpc) is 3.17. The Morgan fingerprint density at radius 1 is 1.26 bits per heavy atom. The number of piperidine rings is 1. The second-order valence-electron chi connectivity index (χ2n) is 9.93. The summed E-state index contributed by atoms with van der Waals surface area (Å²) in [5.41, 5.74) is 3.94. The molecule has 31 heavy (non-hydrogen) atoms. The first-order chi connectivity index (χ1) is 15.0. The number of hydrogen-bond acceptors (Lipinski definition) is 3. The molecule has 3 N–H and O–H groups in total. The van der Waals surface area contributed by atoms with Crippen molar-refractivity contribution in [2.24, 2.45) is 5.92 Å². The van der Waals surface area contributed by atoms with Crippen LogP contribution in [-0.2, 0) is 6.42 Å². The van der Waals surface area contributed by atoms with Crippen molar-refractivity contribution in [3.63, 3.8) is 0 Å². The van der Waals surface area contributed by atoms with Crippen molar-refractivity contribution >= 4 is 16.9 Å². The van der Waals surface area contributed by atoms with Crippen LogP contribution in [0.25, 0.3) is 10.9 Å². The van der Waals surface area contributed by atoms with Gasteiger partial charge in [-0.15, -0.1) is 0 Å². The highest BCUT2D eigenvalue weighted by Gasteiger charge is 2.44. The maximum Gasteiger partial charge on any atom is 0.317 e. The molecule has 0 radical (unpaired) electrons. The summed E-state index contributed by atoms with van der Waals surface area (Å²) in [5, 5.41) is 15.2. The number of aromatic amines is 1. The van der Waals surface area contributed by atoms with E-state index in [2.05, 4.69) is 39.5 Å². The van der Waals surface area contributed by atoms with Crippen molar-refractivity contribution < 1.29 is 9.90 Å². The molecule has 2 aromatic rings. The van der Waals surface area contributed by atoms with Crippen LogP contribution in [-0.4, -0.2) is 64.2 Å². The van der Waals surface area contributed by atoms with E-state index in [1.165, 1.54) is 41.4 Å². The van der Waals surface area contributed by atoms with Gasteiger partial charge in [-0.2, -0.15) is 0 Å². The van der Waals surface area contributed by atoms with Crippen LogP contribution in [0.2, 0.25) is 0 Å². The first kappa shape index (κ1) is 20.8. The van der Waals surface area contributed by atoms with E-state index in [1.54, 1.807) is 0 Å². The number of nitrogens with zero attached hydrogens (tertiary/aromatic N) is 2. The molecule has 1 aliphatic carbocycles. The Morgan fingerprint density at radius 2 is 2.03 bits per heavy atom. The Kier molecular flexibility index (Phi) is 5.69. The number of hydrogen-bond donors (Lipinski definition) is 3. The normalized spacial score (nSPS) is 28.0. The van der Waals surface area contributed by atoms with Gasteiger partial charge in [0.15, 0.2) is 0 Å². The standard InChI is InChI=1S/C25H36N4O2/c1-16(30)20-15-29-13-12-19-18-10-6-7-11-21(18)27-24(19)23(29)14-22(20)28(2)25(31)26-17-8-4-3-5-9-17/h6-7,10-11,16-17,20,22-23,27,30H,3-5,8-9,12-15H2,1-2H3,(H,26,31)/t16-,20-,22-,23-/m0/s1. The number of aromatic nitrogens is 1. The highest BCUT2D eigenvalue weighted by Crippen LogP contribution is 2.42. The van der Waals surface area contributed by atoms with Gasteiger partial charge < -0.3 is 20.3 Å². The van der Waals surface area contributed by atoms with Gasteiger partial charge in [0.25, 0.3) is 0 Å². The number of para-hydroxylation sites is 1. The summed E-state index contributed by atoms with van der Waals surface area (Å²) in [7, 11) is 1.92. The number of urea groups is 1. The molecule has 1 saturated heterocycles. The van der Waals surface area contributed by atoms with Crippen LogP contribution < -0.4 is 5.32 Å². The molecule has 1 aromatic heterocycles. The number of aliphatic hydroxyl groups excluding tert-OH is 1. The van der Waals surface area contributed by atoms with E-state index in [-0.39, 0.29) is 24.0 Å². The van der Waals surface area contributed by atoms with Gasteiger partial charge in [0.05, 0.1) is 12.1 Å². The lowest BCUT2D eigenvalue weighted by Gasteiger charge is -2.49. The topological polar surface area (TPSA) is 71.6 Å². The van der Waals surface area contributed by atoms with E-state index in [0.717, 1.165) is 38.8 Å². The second kappa shape index (κ2) is 8.47. The molecule has 6 heteroatoms. The molecule has 4 atom stereocenters. The fourth-order valence-corrected chi connectivity index (χ4v) is 6.24. The van der Waals surface area contributed by atoms with Gasteiger partial charge in [0, 0.05) is 54.7 Å². The molecule has 2 fully saturated rings. The molecule has 168 valence electrons. The first-order valence-corrected chi connectivity index (χ1v) is 12.1. The molecule has 1 aromatic carbocycles. The summed E-state index contributed by atoms with van der Waals surface area (Å²) in [4.78, 5) is 21.2. The molecular formula is C25H36N4O2. The van der Waals surface area contributed by atoms with Gasteiger partial charge in [0.1, 0.15) is 0 Å². The van der Waals surface area contributed by atoms with Crippen molar-refractivity contribution in [3.8, 4) is 0 Å². The lowest BCUT2D eigenvalue weighted by Crippen LogP contribution is -2.58. The molecule has 5 rings (SSSR count). The molecule has 2 amide bonds. The van der Waals surface area contributed by atoms with E-state index in [1.807, 2.05) is 18.9 Å². The number of amides is 2. The Balaban J connectivity index is 1.39. The van der Waals surface area contributed by atoms with Gasteiger partial charge in [-0.3, -0.25) is 4.90 Å². The van der Waals surface area contributed by atoms with Crippen LogP contribution in [0.15, 0.2) is 24.3 Å². The van der Waals surface area contributed by atoms with Crippen LogP contribution in [0.5, 0.6) is 0 Å². The number of aliphatic hydroxyl groups is 1. The molecule has 3 aliphatic rings. The van der Waals surface area contributed by atoms with Crippen molar-refractivity contribution in [1.82, 2.24) is 20.1 Å². The minimum atomic E-state index is -0.444. The molecule has 2 aliphatic heterocycles. The third-order valence-corrected chi connectivity index (χ3v) is 8.04. The van der Waals surface area contributed by atoms with Gasteiger partial charge in [0.2, 0.25) is 0 Å². The van der Waals surface area contributed by atoms with Crippen LogP contribution >= 0.6 is 0 Å². The van der Waals surface area contributed by atoms with Gasteiger partial charge in [-0.05, 0) is 44.2 Å². The summed E-state index contributed by atoms with van der Waals surface area (Å²) in [6, 6.07) is 9.15. The minimum Gasteiger partial charge on any atom is -0.393 e. The monoisotopic (exact) mass is 424 g/mol. The Hall–Kier alpha value is -2.05. The third-order valence-electron chi connectivity index (χ3n) is 8.04. The Morgan fingerprint density at radius 3 is 2.81 bits per heavy atom. The molecule has 0 bridgehead atoms. The summed E-state index contributed by atoms with van der Waals surface area (Å²) >= 11 is 0. The van der Waals surface area contributed by atoms with E-state index in [9.17, 15) is 9.90 Å². The van der Waals surface area contributed by atoms with Gasteiger partial charge >= 0.3 is 6.03 Å². The maximum absolute atomic E-state index is 13.1. The molecule has 6 nitrogen and oxygen atoms in total. The number of carbonyl (C=O) groups is 1. The number of H-pyrrole nitrogens is 1. The van der Waals surface area contributed by atoms with Crippen molar-refractivity contribution in [3.05, 3.63) is 35.5 Å². The average molecular weight is 425 g/mol. The van der Waals surface area contributed by atoms with Crippen molar-refractivity contribution in [2.75, 3.05) is 20.1 Å². The smallest absolute Gasteiger partial charge is 0.317 e. The predicted molar refractivity (Wildman–Crippen MR) is 123 cm³/mol. The highest BCUT2D eigenvalue weighted by atomic mass is 16.3. The Bertz CT molecular complexity index is 933. The number of benzene rings is 1. The summed E-state index contributed by atoms with van der Waals surface area (Å²) in [6.07, 6.45) is 7.29. The number of carbonyl (C=O) groups excluding carboxylic acids is 1. The largest absolute Gasteiger partial charge is 0.393 e. The minimum absolute atomic E-state index is 0.0159. The zero-order chi connectivity index (χ0) is 21.5. The van der Waals surface area contributed by atoms with E-state index in [0.29, 0.717) is 6.04 Å².